The Hall–Kier alpha value is -3.83. The van der Waals surface area contributed by atoms with E-state index in [1.165, 1.54) is 12.1 Å². The lowest BCUT2D eigenvalue weighted by Crippen LogP contribution is -2.49. The van der Waals surface area contributed by atoms with E-state index in [9.17, 15) is 32.3 Å². The smallest absolute Gasteiger partial charge is 0.480 e. The molecule has 0 saturated carbocycles. The highest BCUT2D eigenvalue weighted by molar-refractivity contribution is 5.88. The van der Waals surface area contributed by atoms with Gasteiger partial charge in [-0.05, 0) is 30.2 Å². The monoisotopic (exact) mass is 513 g/mol. The quantitative estimate of drug-likeness (QED) is 0.465. The molecule has 1 aliphatic rings. The van der Waals surface area contributed by atoms with Gasteiger partial charge in [-0.25, -0.2) is 14.0 Å². The van der Waals surface area contributed by atoms with Crippen molar-refractivity contribution in [3.8, 4) is 0 Å². The van der Waals surface area contributed by atoms with Crippen LogP contribution in [0, 0.1) is 5.82 Å². The van der Waals surface area contributed by atoms with E-state index in [1.54, 1.807) is 11.0 Å². The maximum atomic E-state index is 13.9. The average molecular weight is 513 g/mol. The van der Waals surface area contributed by atoms with Gasteiger partial charge in [0.05, 0.1) is 17.9 Å². The lowest BCUT2D eigenvalue weighted by molar-refractivity contribution is -0.192. The first-order valence-corrected chi connectivity index (χ1v) is 11.1. The Kier molecular flexibility index (Phi) is 10.1. The number of rotatable bonds is 8. The number of nitrogens with zero attached hydrogens (tertiary/aromatic N) is 2. The Balaban J connectivity index is 0.000000572. The first-order chi connectivity index (χ1) is 16.9. The summed E-state index contributed by atoms with van der Waals surface area (Å²) in [7, 11) is 0. The predicted octanol–water partition coefficient (Wildman–Crippen LogP) is 3.31. The van der Waals surface area contributed by atoms with Crippen LogP contribution in [0.15, 0.2) is 48.5 Å². The van der Waals surface area contributed by atoms with E-state index in [-0.39, 0.29) is 18.8 Å². The van der Waals surface area contributed by atoms with Crippen LogP contribution in [0.4, 0.5) is 28.9 Å². The second kappa shape index (κ2) is 12.8. The minimum Gasteiger partial charge on any atom is -0.480 e. The Morgan fingerprint density at radius 1 is 1.00 bits per heavy atom. The molecule has 0 aliphatic carbocycles. The molecule has 3 rings (SSSR count). The summed E-state index contributed by atoms with van der Waals surface area (Å²) in [6.45, 7) is 4.22. The predicted molar refractivity (Wildman–Crippen MR) is 125 cm³/mol. The second-order valence-electron chi connectivity index (χ2n) is 7.99. The molecular weight excluding hydrogens is 486 g/mol. The highest BCUT2D eigenvalue weighted by atomic mass is 19.4. The molecule has 0 fully saturated rings. The number of amides is 1. The Bertz CT molecular complexity index is 1050. The average Bonchev–Trinajstić information content (AvgIpc) is 2.80. The van der Waals surface area contributed by atoms with E-state index in [0.717, 1.165) is 30.8 Å². The van der Waals surface area contributed by atoms with Crippen molar-refractivity contribution in [1.29, 1.82) is 0 Å². The molecule has 1 heterocycles. The molecule has 36 heavy (non-hydrogen) atoms. The number of benzene rings is 2. The van der Waals surface area contributed by atoms with Crippen LogP contribution in [-0.2, 0) is 20.8 Å². The Morgan fingerprint density at radius 2 is 1.61 bits per heavy atom. The number of fused-ring (bicyclic) bond motifs is 1. The van der Waals surface area contributed by atoms with Crippen molar-refractivity contribution in [2.75, 3.05) is 36.0 Å². The summed E-state index contributed by atoms with van der Waals surface area (Å²) in [5.74, 6) is -4.60. The number of hydrogen-bond acceptors (Lipinski definition) is 5. The molecular formula is C24H27F4N3O5. The first-order valence-electron chi connectivity index (χ1n) is 11.1. The Labute approximate surface area is 205 Å². The van der Waals surface area contributed by atoms with Crippen molar-refractivity contribution in [3.05, 3.63) is 59.9 Å². The molecule has 2 aromatic carbocycles. The molecule has 8 nitrogen and oxygen atoms in total. The van der Waals surface area contributed by atoms with Crippen molar-refractivity contribution in [2.24, 2.45) is 0 Å². The number of halogens is 4. The summed E-state index contributed by atoms with van der Waals surface area (Å²) in [6.07, 6.45) is -3.91. The van der Waals surface area contributed by atoms with Gasteiger partial charge < -0.3 is 25.3 Å². The summed E-state index contributed by atoms with van der Waals surface area (Å²) in [5.41, 5.74) is 2.39. The van der Waals surface area contributed by atoms with Gasteiger partial charge in [0.2, 0.25) is 5.91 Å². The van der Waals surface area contributed by atoms with E-state index in [1.807, 2.05) is 30.3 Å². The molecule has 3 N–H and O–H groups in total. The fourth-order valence-corrected chi connectivity index (χ4v) is 3.63. The number of carbonyl (C=O) groups excluding carboxylic acids is 1. The maximum Gasteiger partial charge on any atom is 0.490 e. The highest BCUT2D eigenvalue weighted by Gasteiger charge is 2.38. The summed E-state index contributed by atoms with van der Waals surface area (Å²) in [4.78, 5) is 37.1. The van der Waals surface area contributed by atoms with Crippen LogP contribution in [0.2, 0.25) is 0 Å². The van der Waals surface area contributed by atoms with Gasteiger partial charge in [-0.3, -0.25) is 4.79 Å². The van der Waals surface area contributed by atoms with E-state index < -0.39 is 30.1 Å². The zero-order valence-electron chi connectivity index (χ0n) is 19.5. The maximum absolute atomic E-state index is 13.9. The normalized spacial score (nSPS) is 13.7. The summed E-state index contributed by atoms with van der Waals surface area (Å²) in [6, 6.07) is 12.7. The molecule has 2 aromatic rings. The minimum atomic E-state index is -5.08. The molecule has 0 unspecified atom stereocenters. The van der Waals surface area contributed by atoms with Crippen LogP contribution in [0.3, 0.4) is 0 Å². The van der Waals surface area contributed by atoms with Crippen LogP contribution < -0.4 is 15.1 Å². The van der Waals surface area contributed by atoms with Crippen molar-refractivity contribution < 1.29 is 42.2 Å². The molecule has 12 heteroatoms. The lowest BCUT2D eigenvalue weighted by atomic mass is 10.1. The zero-order valence-corrected chi connectivity index (χ0v) is 19.5. The van der Waals surface area contributed by atoms with Crippen molar-refractivity contribution in [1.82, 2.24) is 5.32 Å². The fourth-order valence-electron chi connectivity index (χ4n) is 3.63. The van der Waals surface area contributed by atoms with E-state index in [4.69, 9.17) is 9.90 Å². The third kappa shape index (κ3) is 8.43. The minimum absolute atomic E-state index is 0.0189. The van der Waals surface area contributed by atoms with Gasteiger partial charge in [-0.2, -0.15) is 13.2 Å². The number of carboxylic acid groups (broad SMARTS) is 2. The van der Waals surface area contributed by atoms with Crippen LogP contribution in [0.1, 0.15) is 18.9 Å². The van der Waals surface area contributed by atoms with Crippen molar-refractivity contribution in [3.63, 3.8) is 0 Å². The lowest BCUT2D eigenvalue weighted by Gasteiger charge is -2.38. The molecule has 0 saturated heterocycles. The van der Waals surface area contributed by atoms with Gasteiger partial charge in [0.1, 0.15) is 11.9 Å². The highest BCUT2D eigenvalue weighted by Crippen LogP contribution is 2.33. The molecule has 0 spiro atoms. The van der Waals surface area contributed by atoms with Crippen LogP contribution in [0.25, 0.3) is 0 Å². The number of carbonyl (C=O) groups is 3. The number of aliphatic carboxylic acids is 2. The van der Waals surface area contributed by atoms with Gasteiger partial charge >= 0.3 is 18.1 Å². The van der Waals surface area contributed by atoms with Crippen molar-refractivity contribution in [2.45, 2.75) is 32.0 Å². The van der Waals surface area contributed by atoms with Gasteiger partial charge in [0, 0.05) is 26.1 Å². The summed E-state index contributed by atoms with van der Waals surface area (Å²) >= 11 is 0. The molecule has 0 aromatic heterocycles. The third-order valence-corrected chi connectivity index (χ3v) is 5.25. The van der Waals surface area contributed by atoms with E-state index >= 15 is 0 Å². The third-order valence-electron chi connectivity index (χ3n) is 5.25. The molecule has 196 valence electrons. The number of alkyl halides is 3. The number of nitrogens with one attached hydrogen (secondary N) is 1. The Morgan fingerprint density at radius 3 is 2.17 bits per heavy atom. The van der Waals surface area contributed by atoms with Gasteiger partial charge in [-0.1, -0.05) is 37.3 Å². The van der Waals surface area contributed by atoms with E-state index in [2.05, 4.69) is 17.1 Å². The number of anilines is 2. The van der Waals surface area contributed by atoms with Crippen LogP contribution in [-0.4, -0.2) is 66.5 Å². The second-order valence-corrected chi connectivity index (χ2v) is 7.99. The largest absolute Gasteiger partial charge is 0.490 e. The first kappa shape index (κ1) is 28.4. The molecule has 1 amide bonds. The standard InChI is InChI=1S/C22H26FN3O3.C2HF3O2/c1-2-10-25-11-12-26(20-14-17(23)8-9-19(20)25)15-21(27)24-18(22(28)29)13-16-6-4-3-5-7-16;3-2(4,5)1(6)7/h3-9,14,18H,2,10-13,15H2,1H3,(H,24,27)(H,28,29);(H,6,7)/t18-;/m0./s1. The van der Waals surface area contributed by atoms with Crippen LogP contribution >= 0.6 is 0 Å². The van der Waals surface area contributed by atoms with Crippen molar-refractivity contribution >= 4 is 29.2 Å². The van der Waals surface area contributed by atoms with Crippen LogP contribution in [0.5, 0.6) is 0 Å². The molecule has 0 bridgehead atoms. The zero-order chi connectivity index (χ0) is 26.9. The van der Waals surface area contributed by atoms with Gasteiger partial charge in [-0.15, -0.1) is 0 Å². The molecule has 1 atom stereocenters. The topological polar surface area (TPSA) is 110 Å². The molecule has 1 aliphatic heterocycles. The van der Waals surface area contributed by atoms with E-state index in [0.29, 0.717) is 12.2 Å². The van der Waals surface area contributed by atoms with Gasteiger partial charge in [0.15, 0.2) is 0 Å². The number of hydrogen-bond donors (Lipinski definition) is 3. The van der Waals surface area contributed by atoms with Gasteiger partial charge in [0.25, 0.3) is 0 Å². The molecule has 0 radical (unpaired) electrons. The SMILES string of the molecule is CCCN1CCN(CC(=O)N[C@@H](Cc2ccccc2)C(=O)O)c2cc(F)ccc21.O=C(O)C(F)(F)F. The summed E-state index contributed by atoms with van der Waals surface area (Å²) < 4.78 is 45.6. The summed E-state index contributed by atoms with van der Waals surface area (Å²) in [5, 5.41) is 19.2. The number of carboxylic acids is 2. The fraction of sp³-hybridized carbons (Fsp3) is 0.375.